The summed E-state index contributed by atoms with van der Waals surface area (Å²) in [6, 6.07) is 8.93. The molecule has 4 nitrogen and oxygen atoms in total. The average molecular weight is 306 g/mol. The number of carbonyl (C=O) groups is 1. The first kappa shape index (κ1) is 12.6. The molecule has 5 heteroatoms. The second kappa shape index (κ2) is 5.64. The summed E-state index contributed by atoms with van der Waals surface area (Å²) in [6.07, 6.45) is 3.38. The van der Waals surface area contributed by atoms with Gasteiger partial charge in [0, 0.05) is 24.6 Å². The number of benzene rings is 1. The topological polar surface area (TPSA) is 68.0 Å². The molecule has 0 saturated heterocycles. The van der Waals surface area contributed by atoms with Crippen molar-refractivity contribution < 1.29 is 4.79 Å². The third-order valence-corrected chi connectivity index (χ3v) is 3.36. The smallest absolute Gasteiger partial charge is 0.252 e. The van der Waals surface area contributed by atoms with E-state index in [4.69, 9.17) is 5.73 Å². The summed E-state index contributed by atoms with van der Waals surface area (Å²) in [5.74, 6) is -0.161. The highest BCUT2D eigenvalue weighted by molar-refractivity contribution is 9.10. The first-order valence-corrected chi connectivity index (χ1v) is 6.19. The zero-order valence-electron chi connectivity index (χ0n) is 9.56. The quantitative estimate of drug-likeness (QED) is 0.855. The minimum absolute atomic E-state index is 0.161. The summed E-state index contributed by atoms with van der Waals surface area (Å²) in [4.78, 5) is 15.9. The Morgan fingerprint density at radius 3 is 2.72 bits per heavy atom. The van der Waals surface area contributed by atoms with Crippen LogP contribution in [0.25, 0.3) is 0 Å². The molecule has 0 radical (unpaired) electrons. The highest BCUT2D eigenvalue weighted by Gasteiger charge is 2.11. The lowest BCUT2D eigenvalue weighted by Crippen LogP contribution is -2.23. The number of amides is 1. The molecule has 0 fully saturated rings. The third kappa shape index (κ3) is 2.87. The van der Waals surface area contributed by atoms with Crippen LogP contribution in [0.1, 0.15) is 15.9 Å². The lowest BCUT2D eigenvalue weighted by atomic mass is 10.2. The van der Waals surface area contributed by atoms with E-state index in [1.807, 2.05) is 12.1 Å². The van der Waals surface area contributed by atoms with Crippen molar-refractivity contribution in [1.82, 2.24) is 10.3 Å². The normalized spacial score (nSPS) is 10.1. The van der Waals surface area contributed by atoms with Crippen LogP contribution in [-0.4, -0.2) is 10.9 Å². The van der Waals surface area contributed by atoms with Gasteiger partial charge in [0.25, 0.3) is 5.91 Å². The Kier molecular flexibility index (Phi) is 3.94. The van der Waals surface area contributed by atoms with Gasteiger partial charge in [-0.1, -0.05) is 6.07 Å². The van der Waals surface area contributed by atoms with Crippen molar-refractivity contribution in [2.45, 2.75) is 6.54 Å². The van der Waals surface area contributed by atoms with Crippen LogP contribution in [0.2, 0.25) is 0 Å². The van der Waals surface area contributed by atoms with Crippen LogP contribution in [0, 0.1) is 0 Å². The molecule has 1 aromatic carbocycles. The molecule has 0 bridgehead atoms. The molecule has 2 rings (SSSR count). The predicted molar refractivity (Wildman–Crippen MR) is 74.0 cm³/mol. The van der Waals surface area contributed by atoms with Crippen LogP contribution >= 0.6 is 15.9 Å². The minimum atomic E-state index is -0.161. The summed E-state index contributed by atoms with van der Waals surface area (Å²) in [5, 5.41) is 2.83. The molecule has 0 aliphatic carbocycles. The van der Waals surface area contributed by atoms with Gasteiger partial charge in [-0.25, -0.2) is 0 Å². The van der Waals surface area contributed by atoms with E-state index >= 15 is 0 Å². The van der Waals surface area contributed by atoms with Crippen molar-refractivity contribution in [3.8, 4) is 0 Å². The Hall–Kier alpha value is -1.88. The van der Waals surface area contributed by atoms with Gasteiger partial charge in [-0.15, -0.1) is 0 Å². The second-order valence-corrected chi connectivity index (χ2v) is 4.54. The van der Waals surface area contributed by atoms with Crippen LogP contribution < -0.4 is 11.1 Å². The molecule has 0 atom stereocenters. The number of nitrogens with two attached hydrogens (primary N) is 1. The number of nitrogen functional groups attached to an aromatic ring is 1. The van der Waals surface area contributed by atoms with Crippen LogP contribution in [0.4, 0.5) is 5.69 Å². The molecule has 0 aliphatic heterocycles. The number of nitrogens with one attached hydrogen (secondary N) is 1. The Morgan fingerprint density at radius 1 is 1.28 bits per heavy atom. The summed E-state index contributed by atoms with van der Waals surface area (Å²) < 4.78 is 0.622. The molecule has 0 unspecified atom stereocenters. The third-order valence-electron chi connectivity index (χ3n) is 2.48. The SMILES string of the molecule is Nc1cccc(C(=O)NCc2ccncc2)c1Br. The Morgan fingerprint density at radius 2 is 2.00 bits per heavy atom. The molecular weight excluding hydrogens is 294 g/mol. The van der Waals surface area contributed by atoms with E-state index in [0.717, 1.165) is 5.56 Å². The monoisotopic (exact) mass is 305 g/mol. The van der Waals surface area contributed by atoms with Gasteiger partial charge in [0.1, 0.15) is 0 Å². The van der Waals surface area contributed by atoms with Gasteiger partial charge in [-0.2, -0.15) is 0 Å². The standard InChI is InChI=1S/C13H12BrN3O/c14-12-10(2-1-3-11(12)15)13(18)17-8-9-4-6-16-7-5-9/h1-7H,8,15H2,(H,17,18). The molecule has 0 spiro atoms. The van der Waals surface area contributed by atoms with Crippen LogP contribution in [0.15, 0.2) is 47.2 Å². The number of nitrogens with zero attached hydrogens (tertiary/aromatic N) is 1. The highest BCUT2D eigenvalue weighted by atomic mass is 79.9. The first-order valence-electron chi connectivity index (χ1n) is 5.39. The van der Waals surface area contributed by atoms with Gasteiger partial charge < -0.3 is 11.1 Å². The molecular formula is C13H12BrN3O. The summed E-state index contributed by atoms with van der Waals surface area (Å²) in [5.41, 5.74) is 7.81. The fraction of sp³-hybridized carbons (Fsp3) is 0.0769. The van der Waals surface area contributed by atoms with Gasteiger partial charge in [0.2, 0.25) is 0 Å². The average Bonchev–Trinajstić information content (AvgIpc) is 2.40. The van der Waals surface area contributed by atoms with Crippen molar-refractivity contribution in [3.63, 3.8) is 0 Å². The van der Waals surface area contributed by atoms with E-state index in [1.54, 1.807) is 30.6 Å². The molecule has 92 valence electrons. The van der Waals surface area contributed by atoms with Crippen LogP contribution in [0.3, 0.4) is 0 Å². The number of aromatic nitrogens is 1. The minimum Gasteiger partial charge on any atom is -0.398 e. The van der Waals surface area contributed by atoms with Crippen molar-refractivity contribution >= 4 is 27.5 Å². The number of rotatable bonds is 3. The second-order valence-electron chi connectivity index (χ2n) is 3.75. The number of hydrogen-bond acceptors (Lipinski definition) is 3. The lowest BCUT2D eigenvalue weighted by Gasteiger charge is -2.08. The van der Waals surface area contributed by atoms with E-state index in [0.29, 0.717) is 22.3 Å². The molecule has 2 aromatic rings. The van der Waals surface area contributed by atoms with Gasteiger partial charge >= 0.3 is 0 Å². The summed E-state index contributed by atoms with van der Waals surface area (Å²) >= 11 is 3.31. The fourth-order valence-corrected chi connectivity index (χ4v) is 1.95. The zero-order chi connectivity index (χ0) is 13.0. The van der Waals surface area contributed by atoms with E-state index in [2.05, 4.69) is 26.2 Å². The van der Waals surface area contributed by atoms with Crippen LogP contribution in [-0.2, 0) is 6.54 Å². The number of carbonyl (C=O) groups excluding carboxylic acids is 1. The highest BCUT2D eigenvalue weighted by Crippen LogP contribution is 2.23. The number of hydrogen-bond donors (Lipinski definition) is 2. The molecule has 1 aromatic heterocycles. The Labute approximate surface area is 113 Å². The lowest BCUT2D eigenvalue weighted by molar-refractivity contribution is 0.0950. The predicted octanol–water partition coefficient (Wildman–Crippen LogP) is 2.36. The Bertz CT molecular complexity index is 557. The molecule has 1 heterocycles. The van der Waals surface area contributed by atoms with Gasteiger partial charge in [0.05, 0.1) is 10.0 Å². The molecule has 0 aliphatic rings. The summed E-state index contributed by atoms with van der Waals surface area (Å²) in [7, 11) is 0. The van der Waals surface area contributed by atoms with Crippen molar-refractivity contribution in [2.75, 3.05) is 5.73 Å². The van der Waals surface area contributed by atoms with Gasteiger partial charge in [-0.3, -0.25) is 9.78 Å². The van der Waals surface area contributed by atoms with E-state index in [-0.39, 0.29) is 5.91 Å². The van der Waals surface area contributed by atoms with Crippen molar-refractivity contribution in [1.29, 1.82) is 0 Å². The van der Waals surface area contributed by atoms with E-state index in [1.165, 1.54) is 0 Å². The maximum Gasteiger partial charge on any atom is 0.252 e. The van der Waals surface area contributed by atoms with Gasteiger partial charge in [0.15, 0.2) is 0 Å². The van der Waals surface area contributed by atoms with Crippen molar-refractivity contribution in [3.05, 3.63) is 58.3 Å². The van der Waals surface area contributed by atoms with Crippen molar-refractivity contribution in [2.24, 2.45) is 0 Å². The number of pyridine rings is 1. The molecule has 3 N–H and O–H groups in total. The van der Waals surface area contributed by atoms with Gasteiger partial charge in [-0.05, 0) is 45.8 Å². The molecule has 1 amide bonds. The van der Waals surface area contributed by atoms with E-state index < -0.39 is 0 Å². The summed E-state index contributed by atoms with van der Waals surface area (Å²) in [6.45, 7) is 0.461. The first-order chi connectivity index (χ1) is 8.68. The number of anilines is 1. The maximum absolute atomic E-state index is 12.0. The van der Waals surface area contributed by atoms with E-state index in [9.17, 15) is 4.79 Å². The largest absolute Gasteiger partial charge is 0.398 e. The zero-order valence-corrected chi connectivity index (χ0v) is 11.1. The van der Waals surface area contributed by atoms with Crippen LogP contribution in [0.5, 0.6) is 0 Å². The maximum atomic E-state index is 12.0. The molecule has 18 heavy (non-hydrogen) atoms. The number of halogens is 1. The fourth-order valence-electron chi connectivity index (χ4n) is 1.50. The molecule has 0 saturated carbocycles. The Balaban J connectivity index is 2.07.